The van der Waals surface area contributed by atoms with Crippen LogP contribution >= 0.6 is 0 Å². The number of fused-ring (bicyclic) bond motifs is 1. The van der Waals surface area contributed by atoms with Crippen molar-refractivity contribution in [3.8, 4) is 0 Å². The molecule has 14 heavy (non-hydrogen) atoms. The van der Waals surface area contributed by atoms with Crippen LogP contribution in [0.4, 0.5) is 0 Å². The van der Waals surface area contributed by atoms with E-state index in [1.165, 1.54) is 6.08 Å². The zero-order valence-corrected chi connectivity index (χ0v) is 7.21. The molecule has 72 valence electrons. The zero-order valence-electron chi connectivity index (χ0n) is 7.21. The highest BCUT2D eigenvalue weighted by atomic mass is 16.5. The van der Waals surface area contributed by atoms with Gasteiger partial charge in [-0.1, -0.05) is 24.3 Å². The van der Waals surface area contributed by atoms with Crippen molar-refractivity contribution in [1.29, 1.82) is 0 Å². The Kier molecular flexibility index (Phi) is 1.96. The number of carboxylic acids is 1. The molecule has 0 bridgehead atoms. The molecule has 0 spiro atoms. The molecule has 0 amide bonds. The number of carboxylic acid groups (broad SMARTS) is 1. The molecule has 0 aromatic carbocycles. The van der Waals surface area contributed by atoms with Crippen LogP contribution in [0.15, 0.2) is 36.0 Å². The fourth-order valence-corrected chi connectivity index (χ4v) is 1.48. The maximum atomic E-state index is 11.2. The summed E-state index contributed by atoms with van der Waals surface area (Å²) in [6, 6.07) is 0. The molecule has 2 aliphatic rings. The van der Waals surface area contributed by atoms with E-state index in [1.54, 1.807) is 24.3 Å². The summed E-state index contributed by atoms with van der Waals surface area (Å²) in [6.45, 7) is 0. The molecule has 0 fully saturated rings. The van der Waals surface area contributed by atoms with Crippen molar-refractivity contribution in [2.75, 3.05) is 0 Å². The van der Waals surface area contributed by atoms with Gasteiger partial charge in [-0.3, -0.25) is 0 Å². The van der Waals surface area contributed by atoms with E-state index in [0.29, 0.717) is 0 Å². The highest BCUT2D eigenvalue weighted by Crippen LogP contribution is 2.24. The van der Waals surface area contributed by atoms with Gasteiger partial charge in [0.1, 0.15) is 11.7 Å². The van der Waals surface area contributed by atoms with E-state index >= 15 is 0 Å². The van der Waals surface area contributed by atoms with Crippen LogP contribution < -0.4 is 0 Å². The Bertz CT molecular complexity index is 376. The Morgan fingerprint density at radius 2 is 2.07 bits per heavy atom. The molecule has 0 saturated heterocycles. The fraction of sp³-hybridized carbons (Fsp3) is 0.200. The Labute approximate surface area is 80.2 Å². The van der Waals surface area contributed by atoms with Crippen LogP contribution in [0.3, 0.4) is 0 Å². The third-order valence-corrected chi connectivity index (χ3v) is 2.18. The van der Waals surface area contributed by atoms with Crippen LogP contribution in [0.2, 0.25) is 0 Å². The summed E-state index contributed by atoms with van der Waals surface area (Å²) < 4.78 is 4.94. The third-order valence-electron chi connectivity index (χ3n) is 2.18. The summed E-state index contributed by atoms with van der Waals surface area (Å²) in [5, 5.41) is 8.69. The minimum atomic E-state index is -1.24. The van der Waals surface area contributed by atoms with Gasteiger partial charge in [-0.25, -0.2) is 9.59 Å². The van der Waals surface area contributed by atoms with Crippen molar-refractivity contribution in [2.45, 2.75) is 6.10 Å². The molecular weight excluding hydrogens is 184 g/mol. The van der Waals surface area contributed by atoms with E-state index in [4.69, 9.17) is 9.84 Å². The molecule has 1 aliphatic heterocycles. The van der Waals surface area contributed by atoms with Crippen LogP contribution in [-0.4, -0.2) is 23.1 Å². The molecule has 1 heterocycles. The van der Waals surface area contributed by atoms with Gasteiger partial charge < -0.3 is 9.84 Å². The summed E-state index contributed by atoms with van der Waals surface area (Å²) in [6.07, 6.45) is 8.19. The third kappa shape index (κ3) is 1.35. The van der Waals surface area contributed by atoms with Crippen LogP contribution in [-0.2, 0) is 14.3 Å². The predicted octanol–water partition coefficient (Wildman–Crippen LogP) is 0.665. The van der Waals surface area contributed by atoms with E-state index in [-0.39, 0.29) is 17.6 Å². The van der Waals surface area contributed by atoms with Gasteiger partial charge in [-0.05, 0) is 6.08 Å². The van der Waals surface area contributed by atoms with Crippen molar-refractivity contribution in [2.24, 2.45) is 5.92 Å². The second-order valence-electron chi connectivity index (χ2n) is 3.10. The maximum Gasteiger partial charge on any atom is 0.345 e. The van der Waals surface area contributed by atoms with Gasteiger partial charge >= 0.3 is 11.9 Å². The number of rotatable bonds is 1. The first-order valence-electron chi connectivity index (χ1n) is 4.19. The van der Waals surface area contributed by atoms with E-state index < -0.39 is 11.9 Å². The first-order chi connectivity index (χ1) is 6.68. The van der Waals surface area contributed by atoms with Crippen LogP contribution in [0, 0.1) is 5.92 Å². The molecule has 0 aromatic heterocycles. The molecule has 4 nitrogen and oxygen atoms in total. The van der Waals surface area contributed by atoms with Crippen LogP contribution in [0.5, 0.6) is 0 Å². The molecule has 1 aliphatic carbocycles. The topological polar surface area (TPSA) is 63.6 Å². The average molecular weight is 192 g/mol. The number of ether oxygens (including phenoxy) is 1. The largest absolute Gasteiger partial charge is 0.477 e. The smallest absolute Gasteiger partial charge is 0.345 e. The van der Waals surface area contributed by atoms with Crippen molar-refractivity contribution in [3.63, 3.8) is 0 Å². The molecule has 0 aromatic rings. The van der Waals surface area contributed by atoms with E-state index in [1.807, 2.05) is 0 Å². The quantitative estimate of drug-likeness (QED) is 0.489. The number of allylic oxidation sites excluding steroid dienone is 2. The van der Waals surface area contributed by atoms with Gasteiger partial charge in [0.15, 0.2) is 0 Å². The molecular formula is C10H8O4. The number of hydrogen-bond donors (Lipinski definition) is 1. The number of aliphatic carboxylic acids is 1. The van der Waals surface area contributed by atoms with Crippen LogP contribution in [0.1, 0.15) is 0 Å². The van der Waals surface area contributed by atoms with E-state index in [0.717, 1.165) is 0 Å². The standard InChI is InChI=1S/C10H8O4/c11-9(12)7-5-6-3-1-2-4-8(6)14-10(7)13/h1-6,8H,(H,11,12). The fourth-order valence-electron chi connectivity index (χ4n) is 1.48. The van der Waals surface area contributed by atoms with Gasteiger partial charge in [0.05, 0.1) is 0 Å². The van der Waals surface area contributed by atoms with Gasteiger partial charge in [0.2, 0.25) is 0 Å². The maximum absolute atomic E-state index is 11.2. The zero-order chi connectivity index (χ0) is 10.1. The minimum Gasteiger partial charge on any atom is -0.477 e. The lowest BCUT2D eigenvalue weighted by atomic mass is 9.93. The molecule has 2 rings (SSSR count). The predicted molar refractivity (Wildman–Crippen MR) is 47.4 cm³/mol. The summed E-state index contributed by atoms with van der Waals surface area (Å²) in [4.78, 5) is 21.8. The summed E-state index contributed by atoms with van der Waals surface area (Å²) in [5.74, 6) is -2.15. The second kappa shape index (κ2) is 3.14. The molecule has 2 atom stereocenters. The molecule has 1 N–H and O–H groups in total. The van der Waals surface area contributed by atoms with Crippen molar-refractivity contribution in [3.05, 3.63) is 36.0 Å². The lowest BCUT2D eigenvalue weighted by Crippen LogP contribution is -2.32. The van der Waals surface area contributed by atoms with E-state index in [2.05, 4.69) is 0 Å². The molecule has 4 heteroatoms. The second-order valence-corrected chi connectivity index (χ2v) is 3.10. The van der Waals surface area contributed by atoms with Crippen molar-refractivity contribution >= 4 is 11.9 Å². The van der Waals surface area contributed by atoms with Crippen LogP contribution in [0.25, 0.3) is 0 Å². The Balaban J connectivity index is 2.34. The van der Waals surface area contributed by atoms with E-state index in [9.17, 15) is 9.59 Å². The molecule has 2 unspecified atom stereocenters. The SMILES string of the molecule is O=C(O)C1=CC2C=CC=CC2OC1=O. The summed E-state index contributed by atoms with van der Waals surface area (Å²) in [7, 11) is 0. The first kappa shape index (κ1) is 8.74. The van der Waals surface area contributed by atoms with Gasteiger partial charge in [-0.15, -0.1) is 0 Å². The van der Waals surface area contributed by atoms with Crippen molar-refractivity contribution < 1.29 is 19.4 Å². The normalized spacial score (nSPS) is 29.1. The Morgan fingerprint density at radius 3 is 2.79 bits per heavy atom. The highest BCUT2D eigenvalue weighted by molar-refractivity contribution is 6.13. The van der Waals surface area contributed by atoms with Gasteiger partial charge in [0.25, 0.3) is 0 Å². The Morgan fingerprint density at radius 1 is 1.36 bits per heavy atom. The van der Waals surface area contributed by atoms with Gasteiger partial charge in [-0.2, -0.15) is 0 Å². The highest BCUT2D eigenvalue weighted by Gasteiger charge is 2.32. The molecule has 0 radical (unpaired) electrons. The first-order valence-corrected chi connectivity index (χ1v) is 4.19. The molecule has 0 saturated carbocycles. The number of hydrogen-bond acceptors (Lipinski definition) is 3. The number of esters is 1. The average Bonchev–Trinajstić information content (AvgIpc) is 2.16. The summed E-state index contributed by atoms with van der Waals surface area (Å²) >= 11 is 0. The lowest BCUT2D eigenvalue weighted by Gasteiger charge is -2.26. The minimum absolute atomic E-state index is 0.149. The number of carbonyl (C=O) groups excluding carboxylic acids is 1. The monoisotopic (exact) mass is 192 g/mol. The Hall–Kier alpha value is -1.84. The summed E-state index contributed by atoms with van der Waals surface area (Å²) in [5.41, 5.74) is -0.286. The number of carbonyl (C=O) groups is 2. The lowest BCUT2D eigenvalue weighted by molar-refractivity contribution is -0.148. The van der Waals surface area contributed by atoms with Crippen molar-refractivity contribution in [1.82, 2.24) is 0 Å². The van der Waals surface area contributed by atoms with Gasteiger partial charge in [0, 0.05) is 5.92 Å².